The van der Waals surface area contributed by atoms with Crippen molar-refractivity contribution in [1.29, 1.82) is 0 Å². The molecule has 0 unspecified atom stereocenters. The minimum Gasteiger partial charge on any atom is -0.377 e. The highest BCUT2D eigenvalue weighted by atomic mass is 32.2. The molecule has 1 fully saturated rings. The van der Waals surface area contributed by atoms with Gasteiger partial charge in [0.2, 0.25) is 5.91 Å². The van der Waals surface area contributed by atoms with Crippen molar-refractivity contribution >= 4 is 21.4 Å². The molecule has 0 bridgehead atoms. The molecule has 126 valence electrons. The summed E-state index contributed by atoms with van der Waals surface area (Å²) >= 11 is 0. The van der Waals surface area contributed by atoms with Gasteiger partial charge in [0.15, 0.2) is 9.84 Å². The zero-order valence-electron chi connectivity index (χ0n) is 13.4. The molecule has 1 amide bonds. The van der Waals surface area contributed by atoms with Gasteiger partial charge in [0, 0.05) is 18.3 Å². The molecule has 1 aromatic carbocycles. The fourth-order valence-corrected chi connectivity index (χ4v) is 4.91. The third-order valence-electron chi connectivity index (χ3n) is 4.60. The van der Waals surface area contributed by atoms with Crippen molar-refractivity contribution < 1.29 is 17.9 Å². The Labute approximate surface area is 137 Å². The second-order valence-corrected chi connectivity index (χ2v) is 8.58. The summed E-state index contributed by atoms with van der Waals surface area (Å²) < 4.78 is 30.1. The third kappa shape index (κ3) is 3.75. The second-order valence-electron chi connectivity index (χ2n) is 6.47. The normalized spacial score (nSPS) is 24.5. The fourth-order valence-electron chi connectivity index (χ4n) is 3.44. The molecular weight excluding hydrogens is 314 g/mol. The first-order chi connectivity index (χ1) is 11.0. The molecule has 0 saturated carbocycles. The third-order valence-corrected chi connectivity index (χ3v) is 6.17. The molecule has 2 aliphatic heterocycles. The lowest BCUT2D eigenvalue weighted by molar-refractivity contribution is -0.116. The molecule has 2 aliphatic rings. The van der Waals surface area contributed by atoms with E-state index >= 15 is 0 Å². The predicted octanol–water partition coefficient (Wildman–Crippen LogP) is 1.95. The number of amides is 1. The average molecular weight is 337 g/mol. The summed E-state index contributed by atoms with van der Waals surface area (Å²) in [5.41, 5.74) is 1.96. The Balaban J connectivity index is 1.74. The zero-order chi connectivity index (χ0) is 16.4. The number of rotatable bonds is 4. The number of anilines is 1. The highest BCUT2D eigenvalue weighted by Gasteiger charge is 2.32. The number of sulfone groups is 1. The van der Waals surface area contributed by atoms with Crippen LogP contribution < -0.4 is 4.90 Å². The molecule has 3 rings (SSSR count). The number of carbonyl (C=O) groups excluding carboxylic acids is 1. The largest absolute Gasteiger partial charge is 0.377 e. The van der Waals surface area contributed by atoms with Crippen molar-refractivity contribution in [3.8, 4) is 0 Å². The van der Waals surface area contributed by atoms with Gasteiger partial charge >= 0.3 is 0 Å². The van der Waals surface area contributed by atoms with Crippen LogP contribution in [0.3, 0.4) is 0 Å². The summed E-state index contributed by atoms with van der Waals surface area (Å²) in [6.45, 7) is 2.59. The standard InChI is InChI=1S/C17H23NO4S/c1-13-8-9-14-5-2-3-7-16(14)18(13)17(19)12-23(20,21)11-15-6-4-10-22-15/h2-3,5,7,13,15H,4,6,8-12H2,1H3/t13-,15-/m0/s1. The van der Waals surface area contributed by atoms with Gasteiger partial charge < -0.3 is 9.64 Å². The minimum atomic E-state index is -3.46. The first-order valence-corrected chi connectivity index (χ1v) is 10.0. The molecule has 1 aromatic rings. The Hall–Kier alpha value is -1.40. The lowest BCUT2D eigenvalue weighted by atomic mass is 9.97. The number of carbonyl (C=O) groups is 1. The van der Waals surface area contributed by atoms with Crippen molar-refractivity contribution in [2.24, 2.45) is 0 Å². The number of fused-ring (bicyclic) bond motifs is 1. The Kier molecular flexibility index (Phi) is 4.73. The molecule has 0 spiro atoms. The van der Waals surface area contributed by atoms with Crippen molar-refractivity contribution in [3.63, 3.8) is 0 Å². The van der Waals surface area contributed by atoms with Crippen LogP contribution in [0.1, 0.15) is 31.7 Å². The molecule has 0 N–H and O–H groups in total. The van der Waals surface area contributed by atoms with Gasteiger partial charge in [-0.3, -0.25) is 4.79 Å². The van der Waals surface area contributed by atoms with Crippen molar-refractivity contribution in [3.05, 3.63) is 29.8 Å². The lowest BCUT2D eigenvalue weighted by Crippen LogP contribution is -2.45. The van der Waals surface area contributed by atoms with Gasteiger partial charge in [-0.1, -0.05) is 18.2 Å². The molecule has 23 heavy (non-hydrogen) atoms. The summed E-state index contributed by atoms with van der Waals surface area (Å²) in [4.78, 5) is 14.3. The molecule has 6 heteroatoms. The molecule has 5 nitrogen and oxygen atoms in total. The fraction of sp³-hybridized carbons (Fsp3) is 0.588. The maximum absolute atomic E-state index is 12.7. The van der Waals surface area contributed by atoms with Gasteiger partial charge in [-0.2, -0.15) is 0 Å². The van der Waals surface area contributed by atoms with Crippen LogP contribution in [0.5, 0.6) is 0 Å². The maximum Gasteiger partial charge on any atom is 0.242 e. The van der Waals surface area contributed by atoms with Gasteiger partial charge in [0.1, 0.15) is 5.75 Å². The summed E-state index contributed by atoms with van der Waals surface area (Å²) in [7, 11) is -3.46. The Morgan fingerprint density at radius 3 is 2.83 bits per heavy atom. The Morgan fingerprint density at radius 1 is 1.30 bits per heavy atom. The Bertz CT molecular complexity index is 680. The van der Waals surface area contributed by atoms with Gasteiger partial charge in [0.25, 0.3) is 0 Å². The van der Waals surface area contributed by atoms with Crippen LogP contribution in [0, 0.1) is 0 Å². The molecule has 1 saturated heterocycles. The monoisotopic (exact) mass is 337 g/mol. The van der Waals surface area contributed by atoms with E-state index in [1.54, 1.807) is 4.90 Å². The first kappa shape index (κ1) is 16.5. The average Bonchev–Trinajstić information content (AvgIpc) is 2.98. The number of benzene rings is 1. The van der Waals surface area contributed by atoms with E-state index in [0.717, 1.165) is 36.9 Å². The second kappa shape index (κ2) is 6.61. The molecule has 2 heterocycles. The lowest BCUT2D eigenvalue weighted by Gasteiger charge is -2.35. The van der Waals surface area contributed by atoms with E-state index in [-0.39, 0.29) is 23.8 Å². The Morgan fingerprint density at radius 2 is 2.09 bits per heavy atom. The molecule has 0 aromatic heterocycles. The van der Waals surface area contributed by atoms with Crippen LogP contribution >= 0.6 is 0 Å². The van der Waals surface area contributed by atoms with Crippen molar-refractivity contribution in [2.75, 3.05) is 23.0 Å². The number of hydrogen-bond acceptors (Lipinski definition) is 4. The van der Waals surface area contributed by atoms with E-state index in [4.69, 9.17) is 4.74 Å². The number of aryl methyl sites for hydroxylation is 1. The molecule has 0 radical (unpaired) electrons. The van der Waals surface area contributed by atoms with Gasteiger partial charge in [0.05, 0.1) is 11.9 Å². The van der Waals surface area contributed by atoms with Crippen LogP contribution in [0.2, 0.25) is 0 Å². The van der Waals surface area contributed by atoms with Gasteiger partial charge in [-0.05, 0) is 44.2 Å². The van der Waals surface area contributed by atoms with Gasteiger partial charge in [-0.15, -0.1) is 0 Å². The number of para-hydroxylation sites is 1. The maximum atomic E-state index is 12.7. The number of ether oxygens (including phenoxy) is 1. The highest BCUT2D eigenvalue weighted by Crippen LogP contribution is 2.30. The quantitative estimate of drug-likeness (QED) is 0.842. The molecule has 0 aliphatic carbocycles. The van der Waals surface area contributed by atoms with E-state index in [0.29, 0.717) is 6.61 Å². The number of hydrogen-bond donors (Lipinski definition) is 0. The van der Waals surface area contributed by atoms with Crippen molar-refractivity contribution in [1.82, 2.24) is 0 Å². The predicted molar refractivity (Wildman–Crippen MR) is 89.3 cm³/mol. The van der Waals surface area contributed by atoms with Crippen LogP contribution in [-0.2, 0) is 25.8 Å². The van der Waals surface area contributed by atoms with Crippen LogP contribution in [0.4, 0.5) is 5.69 Å². The molecular formula is C17H23NO4S. The SMILES string of the molecule is C[C@H]1CCc2ccccc2N1C(=O)CS(=O)(=O)C[C@@H]1CCCO1. The van der Waals surface area contributed by atoms with E-state index in [1.165, 1.54) is 0 Å². The van der Waals surface area contributed by atoms with Gasteiger partial charge in [-0.25, -0.2) is 8.42 Å². The summed E-state index contributed by atoms with van der Waals surface area (Å²) in [5.74, 6) is -0.823. The first-order valence-electron chi connectivity index (χ1n) is 8.18. The summed E-state index contributed by atoms with van der Waals surface area (Å²) in [5, 5.41) is 0. The highest BCUT2D eigenvalue weighted by molar-refractivity contribution is 7.92. The van der Waals surface area contributed by atoms with E-state index in [9.17, 15) is 13.2 Å². The topological polar surface area (TPSA) is 63.7 Å². The zero-order valence-corrected chi connectivity index (χ0v) is 14.2. The van der Waals surface area contributed by atoms with Crippen molar-refractivity contribution in [2.45, 2.75) is 44.8 Å². The summed E-state index contributed by atoms with van der Waals surface area (Å²) in [6, 6.07) is 7.76. The number of nitrogens with zero attached hydrogens (tertiary/aromatic N) is 1. The van der Waals surface area contributed by atoms with Crippen LogP contribution in [0.15, 0.2) is 24.3 Å². The van der Waals surface area contributed by atoms with Crippen LogP contribution in [0.25, 0.3) is 0 Å². The summed E-state index contributed by atoms with van der Waals surface area (Å²) in [6.07, 6.45) is 3.18. The van der Waals surface area contributed by atoms with E-state index in [2.05, 4.69) is 0 Å². The van der Waals surface area contributed by atoms with Crippen LogP contribution in [-0.4, -0.2) is 44.6 Å². The minimum absolute atomic E-state index is 0.0235. The molecule has 2 atom stereocenters. The smallest absolute Gasteiger partial charge is 0.242 e. The van der Waals surface area contributed by atoms with E-state index in [1.807, 2.05) is 31.2 Å². The van der Waals surface area contributed by atoms with E-state index < -0.39 is 15.6 Å².